The average molecular weight is 255 g/mol. The molecule has 5 nitrogen and oxygen atoms in total. The molecule has 0 aliphatic heterocycles. The Balaban J connectivity index is 2.88. The maximum Gasteiger partial charge on any atom is 0.307 e. The smallest absolute Gasteiger partial charge is 0.307 e. The molecule has 0 saturated heterocycles. The van der Waals surface area contributed by atoms with E-state index in [4.69, 9.17) is 5.11 Å². The Labute approximate surface area is 103 Å². The fourth-order valence-corrected chi connectivity index (χ4v) is 2.39. The van der Waals surface area contributed by atoms with Gasteiger partial charge in [0, 0.05) is 11.3 Å². The number of carboxylic acid groups (broad SMARTS) is 1. The van der Waals surface area contributed by atoms with Crippen LogP contribution in [0.25, 0.3) is 0 Å². The van der Waals surface area contributed by atoms with E-state index in [0.29, 0.717) is 16.2 Å². The van der Waals surface area contributed by atoms with Crippen molar-refractivity contribution in [2.24, 2.45) is 5.92 Å². The summed E-state index contributed by atoms with van der Waals surface area (Å²) in [6.07, 6.45) is 0. The summed E-state index contributed by atoms with van der Waals surface area (Å²) in [5, 5.41) is 19.6. The number of carboxylic acids is 1. The molecule has 1 atom stereocenters. The summed E-state index contributed by atoms with van der Waals surface area (Å²) in [4.78, 5) is 21.6. The van der Waals surface area contributed by atoms with Gasteiger partial charge in [-0.2, -0.15) is 0 Å². The van der Waals surface area contributed by atoms with Gasteiger partial charge in [-0.15, -0.1) is 11.8 Å². The van der Waals surface area contributed by atoms with Gasteiger partial charge in [-0.05, 0) is 13.0 Å². The molecule has 1 N–H and O–H groups in total. The van der Waals surface area contributed by atoms with Crippen molar-refractivity contribution in [2.75, 3.05) is 5.75 Å². The highest BCUT2D eigenvalue weighted by Gasteiger charge is 2.19. The van der Waals surface area contributed by atoms with E-state index in [0.717, 1.165) is 0 Å². The van der Waals surface area contributed by atoms with Crippen LogP contribution >= 0.6 is 11.8 Å². The first-order valence-electron chi connectivity index (χ1n) is 5.03. The number of benzene rings is 1. The Morgan fingerprint density at radius 2 is 2.24 bits per heavy atom. The molecule has 0 saturated carbocycles. The lowest BCUT2D eigenvalue weighted by atomic mass is 10.2. The van der Waals surface area contributed by atoms with E-state index in [2.05, 4.69) is 0 Å². The topological polar surface area (TPSA) is 80.4 Å². The zero-order valence-electron chi connectivity index (χ0n) is 9.54. The number of nitrogens with zero attached hydrogens (tertiary/aromatic N) is 1. The van der Waals surface area contributed by atoms with Crippen LogP contribution in [0.1, 0.15) is 12.5 Å². The average Bonchev–Trinajstić information content (AvgIpc) is 2.24. The minimum atomic E-state index is -0.896. The van der Waals surface area contributed by atoms with Crippen LogP contribution in [0.4, 0.5) is 5.69 Å². The van der Waals surface area contributed by atoms with Gasteiger partial charge >= 0.3 is 5.97 Å². The van der Waals surface area contributed by atoms with Crippen molar-refractivity contribution in [2.45, 2.75) is 18.7 Å². The van der Waals surface area contributed by atoms with E-state index in [1.807, 2.05) is 0 Å². The van der Waals surface area contributed by atoms with Gasteiger partial charge in [-0.25, -0.2) is 0 Å². The molecule has 0 radical (unpaired) electrons. The number of para-hydroxylation sites is 1. The highest BCUT2D eigenvalue weighted by molar-refractivity contribution is 7.99. The molecule has 0 aromatic heterocycles. The largest absolute Gasteiger partial charge is 0.481 e. The molecule has 1 unspecified atom stereocenters. The van der Waals surface area contributed by atoms with Crippen molar-refractivity contribution < 1.29 is 14.8 Å². The lowest BCUT2D eigenvalue weighted by Gasteiger charge is -2.07. The summed E-state index contributed by atoms with van der Waals surface area (Å²) >= 11 is 1.20. The van der Waals surface area contributed by atoms with Crippen molar-refractivity contribution in [1.82, 2.24) is 0 Å². The van der Waals surface area contributed by atoms with Crippen LogP contribution in [0.15, 0.2) is 23.1 Å². The summed E-state index contributed by atoms with van der Waals surface area (Å²) in [6, 6.07) is 5.04. The number of nitro groups is 1. The second-order valence-electron chi connectivity index (χ2n) is 3.73. The summed E-state index contributed by atoms with van der Waals surface area (Å²) in [7, 11) is 0. The van der Waals surface area contributed by atoms with Crippen molar-refractivity contribution in [3.8, 4) is 0 Å². The molecule has 0 amide bonds. The zero-order chi connectivity index (χ0) is 13.0. The molecule has 1 aromatic rings. The van der Waals surface area contributed by atoms with Gasteiger partial charge in [0.25, 0.3) is 5.69 Å². The van der Waals surface area contributed by atoms with E-state index in [1.165, 1.54) is 11.8 Å². The van der Waals surface area contributed by atoms with Gasteiger partial charge in [0.05, 0.1) is 15.7 Å². The van der Waals surface area contributed by atoms with Gasteiger partial charge in [0.2, 0.25) is 0 Å². The Morgan fingerprint density at radius 1 is 1.59 bits per heavy atom. The predicted octanol–water partition coefficient (Wildman–Crippen LogP) is 2.72. The normalized spacial score (nSPS) is 12.1. The quantitative estimate of drug-likeness (QED) is 0.497. The Hall–Kier alpha value is -1.56. The second kappa shape index (κ2) is 5.67. The van der Waals surface area contributed by atoms with Crippen LogP contribution < -0.4 is 0 Å². The highest BCUT2D eigenvalue weighted by atomic mass is 32.2. The van der Waals surface area contributed by atoms with Gasteiger partial charge in [-0.3, -0.25) is 14.9 Å². The monoisotopic (exact) mass is 255 g/mol. The minimum absolute atomic E-state index is 0.0649. The molecule has 0 fully saturated rings. The lowest BCUT2D eigenvalue weighted by molar-refractivity contribution is -0.388. The second-order valence-corrected chi connectivity index (χ2v) is 4.79. The van der Waals surface area contributed by atoms with Crippen molar-refractivity contribution >= 4 is 23.4 Å². The first kappa shape index (κ1) is 13.5. The number of hydrogen-bond acceptors (Lipinski definition) is 4. The highest BCUT2D eigenvalue weighted by Crippen LogP contribution is 2.32. The van der Waals surface area contributed by atoms with Crippen LogP contribution in [-0.4, -0.2) is 21.8 Å². The fraction of sp³-hybridized carbons (Fsp3) is 0.364. The Kier molecular flexibility index (Phi) is 4.51. The number of nitro benzene ring substituents is 1. The standard InChI is InChI=1S/C11H13NO4S/c1-7-4-3-5-9(10(7)12(15)16)17-6-8(2)11(13)14/h3-5,8H,6H2,1-2H3,(H,13,14). The van der Waals surface area contributed by atoms with Crippen molar-refractivity contribution in [1.29, 1.82) is 0 Å². The van der Waals surface area contributed by atoms with E-state index in [-0.39, 0.29) is 5.69 Å². The van der Waals surface area contributed by atoms with Crippen LogP contribution in [0.3, 0.4) is 0 Å². The molecule has 1 rings (SSSR count). The molecule has 0 heterocycles. The molecule has 17 heavy (non-hydrogen) atoms. The maximum atomic E-state index is 10.9. The molecule has 0 spiro atoms. The third-order valence-corrected chi connectivity index (χ3v) is 3.60. The van der Waals surface area contributed by atoms with Crippen LogP contribution in [0, 0.1) is 23.0 Å². The van der Waals surface area contributed by atoms with Crippen molar-refractivity contribution in [3.05, 3.63) is 33.9 Å². The van der Waals surface area contributed by atoms with Gasteiger partial charge in [0.1, 0.15) is 0 Å². The third kappa shape index (κ3) is 3.45. The first-order valence-corrected chi connectivity index (χ1v) is 6.01. The minimum Gasteiger partial charge on any atom is -0.481 e. The van der Waals surface area contributed by atoms with E-state index >= 15 is 0 Å². The predicted molar refractivity (Wildman–Crippen MR) is 65.4 cm³/mol. The van der Waals surface area contributed by atoms with Crippen LogP contribution in [0.5, 0.6) is 0 Å². The molecular formula is C11H13NO4S. The number of rotatable bonds is 5. The van der Waals surface area contributed by atoms with Gasteiger partial charge in [-0.1, -0.05) is 19.1 Å². The van der Waals surface area contributed by atoms with E-state index in [1.54, 1.807) is 32.0 Å². The summed E-state index contributed by atoms with van der Waals surface area (Å²) in [6.45, 7) is 3.25. The van der Waals surface area contributed by atoms with Crippen LogP contribution in [-0.2, 0) is 4.79 Å². The van der Waals surface area contributed by atoms with Gasteiger partial charge < -0.3 is 5.11 Å². The number of aryl methyl sites for hydroxylation is 1. The van der Waals surface area contributed by atoms with E-state index < -0.39 is 16.8 Å². The van der Waals surface area contributed by atoms with Gasteiger partial charge in [0.15, 0.2) is 0 Å². The Morgan fingerprint density at radius 3 is 2.76 bits per heavy atom. The van der Waals surface area contributed by atoms with E-state index in [9.17, 15) is 14.9 Å². The zero-order valence-corrected chi connectivity index (χ0v) is 10.4. The summed E-state index contributed by atoms with van der Waals surface area (Å²) in [5.41, 5.74) is 0.651. The molecular weight excluding hydrogens is 242 g/mol. The lowest BCUT2D eigenvalue weighted by Crippen LogP contribution is -2.11. The number of hydrogen-bond donors (Lipinski definition) is 1. The number of thioether (sulfide) groups is 1. The summed E-state index contributed by atoms with van der Waals surface area (Å²) < 4.78 is 0. The molecule has 0 bridgehead atoms. The van der Waals surface area contributed by atoms with Crippen LogP contribution in [0.2, 0.25) is 0 Å². The third-order valence-electron chi connectivity index (χ3n) is 2.29. The molecule has 92 valence electrons. The van der Waals surface area contributed by atoms with Crippen molar-refractivity contribution in [3.63, 3.8) is 0 Å². The summed E-state index contributed by atoms with van der Waals surface area (Å²) in [5.74, 6) is -1.10. The molecule has 0 aliphatic carbocycles. The molecule has 6 heteroatoms. The maximum absolute atomic E-state index is 10.9. The molecule has 1 aromatic carbocycles. The number of aliphatic carboxylic acids is 1. The first-order chi connectivity index (χ1) is 7.93. The molecule has 0 aliphatic rings. The Bertz CT molecular complexity index is 447. The fourth-order valence-electron chi connectivity index (χ4n) is 1.27. The number of carbonyl (C=O) groups is 1. The SMILES string of the molecule is Cc1cccc(SCC(C)C(=O)O)c1[N+](=O)[O-].